The van der Waals surface area contributed by atoms with Crippen LogP contribution in [0, 0.1) is 0 Å². The SMILES string of the molecule is COc1cc(C=CC(=O)NCCN2CCC(c3c[nH]c4ccccc34)CC2)ccc1O. The summed E-state index contributed by atoms with van der Waals surface area (Å²) in [5.41, 5.74) is 3.44. The molecule has 31 heavy (non-hydrogen) atoms. The lowest BCUT2D eigenvalue weighted by Gasteiger charge is -2.31. The van der Waals surface area contributed by atoms with E-state index in [1.165, 1.54) is 29.7 Å². The molecule has 1 aliphatic rings. The first-order valence-corrected chi connectivity index (χ1v) is 10.8. The standard InChI is InChI=1S/C25H29N3O3/c1-31-24-16-18(6-8-23(24)29)7-9-25(30)26-12-15-28-13-10-19(11-14-28)21-17-27-22-5-3-2-4-20(21)22/h2-9,16-17,19,27,29H,10-15H2,1H3,(H,26,30). The lowest BCUT2D eigenvalue weighted by molar-refractivity contribution is -0.116. The molecule has 0 unspecified atom stereocenters. The van der Waals surface area contributed by atoms with Crippen LogP contribution in [0.4, 0.5) is 0 Å². The van der Waals surface area contributed by atoms with Crippen molar-refractivity contribution in [3.63, 3.8) is 0 Å². The second-order valence-corrected chi connectivity index (χ2v) is 7.96. The predicted molar refractivity (Wildman–Crippen MR) is 123 cm³/mol. The molecule has 1 aromatic heterocycles. The van der Waals surface area contributed by atoms with Gasteiger partial charge in [-0.1, -0.05) is 24.3 Å². The second-order valence-electron chi connectivity index (χ2n) is 7.96. The molecule has 0 radical (unpaired) electrons. The molecule has 1 fully saturated rings. The number of carbonyl (C=O) groups is 1. The van der Waals surface area contributed by atoms with Crippen LogP contribution in [0.25, 0.3) is 17.0 Å². The number of H-pyrrole nitrogens is 1. The highest BCUT2D eigenvalue weighted by Crippen LogP contribution is 2.33. The van der Waals surface area contributed by atoms with Crippen molar-refractivity contribution in [1.82, 2.24) is 15.2 Å². The molecule has 1 saturated heterocycles. The van der Waals surface area contributed by atoms with Crippen molar-refractivity contribution in [2.24, 2.45) is 0 Å². The molecule has 0 atom stereocenters. The van der Waals surface area contributed by atoms with Crippen LogP contribution in [-0.4, -0.2) is 54.2 Å². The Balaban J connectivity index is 1.21. The molecule has 162 valence electrons. The van der Waals surface area contributed by atoms with Gasteiger partial charge < -0.3 is 25.0 Å². The third-order valence-electron chi connectivity index (χ3n) is 6.01. The number of amides is 1. The molecule has 0 saturated carbocycles. The van der Waals surface area contributed by atoms with Crippen molar-refractivity contribution in [2.75, 3.05) is 33.3 Å². The monoisotopic (exact) mass is 419 g/mol. The lowest BCUT2D eigenvalue weighted by Crippen LogP contribution is -2.38. The van der Waals surface area contributed by atoms with Crippen molar-refractivity contribution in [3.05, 3.63) is 65.9 Å². The first-order valence-electron chi connectivity index (χ1n) is 10.8. The van der Waals surface area contributed by atoms with E-state index in [2.05, 4.69) is 45.7 Å². The first kappa shape index (κ1) is 21.0. The molecule has 6 nitrogen and oxygen atoms in total. The van der Waals surface area contributed by atoms with E-state index in [4.69, 9.17) is 4.74 Å². The number of aromatic hydroxyl groups is 1. The number of para-hydroxylation sites is 1. The molecule has 2 heterocycles. The smallest absolute Gasteiger partial charge is 0.244 e. The number of hydrogen-bond acceptors (Lipinski definition) is 4. The number of fused-ring (bicyclic) bond motifs is 1. The van der Waals surface area contributed by atoms with E-state index in [0.29, 0.717) is 18.2 Å². The van der Waals surface area contributed by atoms with Gasteiger partial charge in [-0.3, -0.25) is 4.79 Å². The maximum absolute atomic E-state index is 12.1. The highest BCUT2D eigenvalue weighted by molar-refractivity contribution is 5.91. The van der Waals surface area contributed by atoms with Crippen molar-refractivity contribution in [2.45, 2.75) is 18.8 Å². The van der Waals surface area contributed by atoms with Crippen LogP contribution < -0.4 is 10.1 Å². The Kier molecular flexibility index (Phi) is 6.57. The number of nitrogens with zero attached hydrogens (tertiary/aromatic N) is 1. The number of phenolic OH excluding ortho intramolecular Hbond substituents is 1. The van der Waals surface area contributed by atoms with Gasteiger partial charge in [0.05, 0.1) is 7.11 Å². The van der Waals surface area contributed by atoms with Crippen LogP contribution in [0.2, 0.25) is 0 Å². The number of aromatic amines is 1. The maximum Gasteiger partial charge on any atom is 0.244 e. The van der Waals surface area contributed by atoms with E-state index in [1.54, 1.807) is 24.3 Å². The Morgan fingerprint density at radius 2 is 2.06 bits per heavy atom. The van der Waals surface area contributed by atoms with Crippen LogP contribution in [0.1, 0.15) is 29.9 Å². The summed E-state index contributed by atoms with van der Waals surface area (Å²) in [6.45, 7) is 3.57. The zero-order chi connectivity index (χ0) is 21.6. The van der Waals surface area contributed by atoms with Crippen LogP contribution >= 0.6 is 0 Å². The zero-order valence-corrected chi connectivity index (χ0v) is 17.8. The number of phenols is 1. The highest BCUT2D eigenvalue weighted by atomic mass is 16.5. The molecule has 4 rings (SSSR count). The summed E-state index contributed by atoms with van der Waals surface area (Å²) in [7, 11) is 1.50. The molecule has 3 aromatic rings. The molecular formula is C25H29N3O3. The minimum Gasteiger partial charge on any atom is -0.504 e. The lowest BCUT2D eigenvalue weighted by atomic mass is 9.89. The number of nitrogens with one attached hydrogen (secondary N) is 2. The summed E-state index contributed by atoms with van der Waals surface area (Å²) >= 11 is 0. The Labute approximate surface area is 182 Å². The molecule has 0 aliphatic carbocycles. The number of rotatable bonds is 7. The third-order valence-corrected chi connectivity index (χ3v) is 6.01. The average molecular weight is 420 g/mol. The largest absolute Gasteiger partial charge is 0.504 e. The number of likely N-dealkylation sites (tertiary alicyclic amines) is 1. The normalized spacial score (nSPS) is 15.5. The van der Waals surface area contributed by atoms with E-state index in [1.807, 2.05) is 0 Å². The molecule has 0 spiro atoms. The number of ether oxygens (including phenoxy) is 1. The summed E-state index contributed by atoms with van der Waals surface area (Å²) in [5, 5.41) is 13.9. The second kappa shape index (κ2) is 9.71. The number of benzene rings is 2. The first-order chi connectivity index (χ1) is 15.1. The quantitative estimate of drug-likeness (QED) is 0.508. The minimum atomic E-state index is -0.124. The summed E-state index contributed by atoms with van der Waals surface area (Å²) in [6, 6.07) is 13.5. The molecule has 2 aromatic carbocycles. The van der Waals surface area contributed by atoms with Gasteiger partial charge in [-0.15, -0.1) is 0 Å². The van der Waals surface area contributed by atoms with Crippen molar-refractivity contribution in [1.29, 1.82) is 0 Å². The van der Waals surface area contributed by atoms with E-state index in [0.717, 1.165) is 38.0 Å². The number of aromatic nitrogens is 1. The van der Waals surface area contributed by atoms with Gasteiger partial charge in [-0.2, -0.15) is 0 Å². The Morgan fingerprint density at radius 1 is 1.26 bits per heavy atom. The molecule has 1 aliphatic heterocycles. The van der Waals surface area contributed by atoms with Crippen LogP contribution in [-0.2, 0) is 4.79 Å². The van der Waals surface area contributed by atoms with Crippen LogP contribution in [0.15, 0.2) is 54.7 Å². The predicted octanol–water partition coefficient (Wildman–Crippen LogP) is 3.89. The highest BCUT2D eigenvalue weighted by Gasteiger charge is 2.22. The van der Waals surface area contributed by atoms with Gasteiger partial charge in [0.25, 0.3) is 0 Å². The molecule has 6 heteroatoms. The van der Waals surface area contributed by atoms with Crippen molar-refractivity contribution >= 4 is 22.9 Å². The summed E-state index contributed by atoms with van der Waals surface area (Å²) in [4.78, 5) is 17.9. The molecular weight excluding hydrogens is 390 g/mol. The van der Waals surface area contributed by atoms with E-state index in [9.17, 15) is 9.90 Å². The molecule has 1 amide bonds. The van der Waals surface area contributed by atoms with Crippen molar-refractivity contribution < 1.29 is 14.6 Å². The zero-order valence-electron chi connectivity index (χ0n) is 17.8. The minimum absolute atomic E-state index is 0.0811. The van der Waals surface area contributed by atoms with Gasteiger partial charge >= 0.3 is 0 Å². The molecule has 3 N–H and O–H groups in total. The van der Waals surface area contributed by atoms with Crippen LogP contribution in [0.5, 0.6) is 11.5 Å². The number of piperidine rings is 1. The van der Waals surface area contributed by atoms with Gasteiger partial charge in [0.15, 0.2) is 11.5 Å². The summed E-state index contributed by atoms with van der Waals surface area (Å²) in [6.07, 6.45) is 7.66. The van der Waals surface area contributed by atoms with Gasteiger partial charge in [0.2, 0.25) is 5.91 Å². The Morgan fingerprint density at radius 3 is 2.87 bits per heavy atom. The van der Waals surface area contributed by atoms with E-state index in [-0.39, 0.29) is 11.7 Å². The number of carbonyl (C=O) groups excluding carboxylic acids is 1. The summed E-state index contributed by atoms with van der Waals surface area (Å²) < 4.78 is 5.08. The average Bonchev–Trinajstić information content (AvgIpc) is 3.23. The Bertz CT molecular complexity index is 1060. The fourth-order valence-electron chi connectivity index (χ4n) is 4.27. The Hall–Kier alpha value is -3.25. The summed E-state index contributed by atoms with van der Waals surface area (Å²) in [5.74, 6) is 0.934. The number of methoxy groups -OCH3 is 1. The number of hydrogen-bond donors (Lipinski definition) is 3. The van der Waals surface area contributed by atoms with Crippen LogP contribution in [0.3, 0.4) is 0 Å². The third kappa shape index (κ3) is 5.09. The maximum atomic E-state index is 12.1. The van der Waals surface area contributed by atoms with Crippen molar-refractivity contribution in [3.8, 4) is 11.5 Å². The van der Waals surface area contributed by atoms with Gasteiger partial charge in [0.1, 0.15) is 0 Å². The molecule has 0 bridgehead atoms. The topological polar surface area (TPSA) is 77.6 Å². The fourth-order valence-corrected chi connectivity index (χ4v) is 4.27. The van der Waals surface area contributed by atoms with Gasteiger partial charge in [-0.05, 0) is 67.3 Å². The van der Waals surface area contributed by atoms with E-state index < -0.39 is 0 Å². The van der Waals surface area contributed by atoms with Gasteiger partial charge in [-0.25, -0.2) is 0 Å². The van der Waals surface area contributed by atoms with E-state index >= 15 is 0 Å². The van der Waals surface area contributed by atoms with Gasteiger partial charge in [0, 0.05) is 36.3 Å². The fraction of sp³-hybridized carbons (Fsp3) is 0.320.